The van der Waals surface area contributed by atoms with E-state index in [1.807, 2.05) is 12.1 Å². The Labute approximate surface area is 134 Å². The fourth-order valence-electron chi connectivity index (χ4n) is 2.60. The minimum absolute atomic E-state index is 0.0467. The van der Waals surface area contributed by atoms with Gasteiger partial charge < -0.3 is 15.4 Å². The SMILES string of the molecule is O=C(Nc1cccc(Oc2ccc(F)cc2)c1)C1CCNCC1. The van der Waals surface area contributed by atoms with Crippen LogP contribution < -0.4 is 15.4 Å². The van der Waals surface area contributed by atoms with E-state index in [1.165, 1.54) is 12.1 Å². The zero-order valence-corrected chi connectivity index (χ0v) is 12.7. The average Bonchev–Trinajstić information content (AvgIpc) is 2.58. The zero-order valence-electron chi connectivity index (χ0n) is 12.7. The summed E-state index contributed by atoms with van der Waals surface area (Å²) in [4.78, 5) is 12.3. The summed E-state index contributed by atoms with van der Waals surface area (Å²) in [5, 5.41) is 6.19. The first-order chi connectivity index (χ1) is 11.2. The van der Waals surface area contributed by atoms with E-state index in [0.29, 0.717) is 17.2 Å². The molecule has 0 bridgehead atoms. The summed E-state index contributed by atoms with van der Waals surface area (Å²) in [6, 6.07) is 13.0. The van der Waals surface area contributed by atoms with E-state index in [2.05, 4.69) is 10.6 Å². The number of halogens is 1. The van der Waals surface area contributed by atoms with Crippen LogP contribution in [-0.2, 0) is 4.79 Å². The van der Waals surface area contributed by atoms with Gasteiger partial charge in [0.25, 0.3) is 0 Å². The van der Waals surface area contributed by atoms with Crippen LogP contribution in [0.2, 0.25) is 0 Å². The summed E-state index contributed by atoms with van der Waals surface area (Å²) in [5.74, 6) is 0.941. The van der Waals surface area contributed by atoms with Crippen molar-refractivity contribution >= 4 is 11.6 Å². The number of ether oxygens (including phenoxy) is 1. The topological polar surface area (TPSA) is 50.4 Å². The van der Waals surface area contributed by atoms with Gasteiger partial charge in [-0.2, -0.15) is 0 Å². The fraction of sp³-hybridized carbons (Fsp3) is 0.278. The molecule has 5 heteroatoms. The van der Waals surface area contributed by atoms with Gasteiger partial charge in [0.2, 0.25) is 5.91 Å². The van der Waals surface area contributed by atoms with Gasteiger partial charge in [0.05, 0.1) is 0 Å². The number of benzene rings is 2. The molecule has 23 heavy (non-hydrogen) atoms. The zero-order chi connectivity index (χ0) is 16.1. The lowest BCUT2D eigenvalue weighted by atomic mass is 9.97. The summed E-state index contributed by atoms with van der Waals surface area (Å²) in [6.07, 6.45) is 1.72. The quantitative estimate of drug-likeness (QED) is 0.907. The average molecular weight is 314 g/mol. The number of anilines is 1. The number of amides is 1. The van der Waals surface area contributed by atoms with Crippen molar-refractivity contribution in [2.75, 3.05) is 18.4 Å². The van der Waals surface area contributed by atoms with Gasteiger partial charge in [-0.3, -0.25) is 4.79 Å². The Morgan fingerprint density at radius 1 is 1.09 bits per heavy atom. The molecule has 1 saturated heterocycles. The van der Waals surface area contributed by atoms with Crippen molar-refractivity contribution in [3.8, 4) is 11.5 Å². The van der Waals surface area contributed by atoms with Crippen LogP contribution in [0.1, 0.15) is 12.8 Å². The van der Waals surface area contributed by atoms with Crippen LogP contribution in [0.15, 0.2) is 48.5 Å². The lowest BCUT2D eigenvalue weighted by Crippen LogP contribution is -2.34. The van der Waals surface area contributed by atoms with Crippen LogP contribution in [-0.4, -0.2) is 19.0 Å². The molecule has 1 aliphatic heterocycles. The third-order valence-electron chi connectivity index (χ3n) is 3.86. The minimum Gasteiger partial charge on any atom is -0.457 e. The molecule has 3 rings (SSSR count). The van der Waals surface area contributed by atoms with Crippen LogP contribution in [0.25, 0.3) is 0 Å². The highest BCUT2D eigenvalue weighted by molar-refractivity contribution is 5.92. The van der Waals surface area contributed by atoms with Gasteiger partial charge in [-0.1, -0.05) is 6.07 Å². The first-order valence-corrected chi connectivity index (χ1v) is 7.76. The molecule has 1 heterocycles. The minimum atomic E-state index is -0.305. The first kappa shape index (κ1) is 15.5. The van der Waals surface area contributed by atoms with Crippen LogP contribution in [0.5, 0.6) is 11.5 Å². The number of piperidine rings is 1. The predicted octanol–water partition coefficient (Wildman–Crippen LogP) is 3.56. The second kappa shape index (κ2) is 7.24. The van der Waals surface area contributed by atoms with E-state index in [1.54, 1.807) is 24.3 Å². The number of rotatable bonds is 4. The van der Waals surface area contributed by atoms with Crippen LogP contribution in [0.4, 0.5) is 10.1 Å². The van der Waals surface area contributed by atoms with Crippen molar-refractivity contribution < 1.29 is 13.9 Å². The lowest BCUT2D eigenvalue weighted by molar-refractivity contribution is -0.120. The fourth-order valence-corrected chi connectivity index (χ4v) is 2.60. The molecule has 120 valence electrons. The van der Waals surface area contributed by atoms with Crippen molar-refractivity contribution in [1.82, 2.24) is 5.32 Å². The van der Waals surface area contributed by atoms with E-state index >= 15 is 0 Å². The molecule has 4 nitrogen and oxygen atoms in total. The van der Waals surface area contributed by atoms with Gasteiger partial charge in [-0.15, -0.1) is 0 Å². The Morgan fingerprint density at radius 3 is 2.57 bits per heavy atom. The first-order valence-electron chi connectivity index (χ1n) is 7.76. The van der Waals surface area contributed by atoms with Crippen LogP contribution in [0.3, 0.4) is 0 Å². The van der Waals surface area contributed by atoms with Crippen molar-refractivity contribution in [2.45, 2.75) is 12.8 Å². The lowest BCUT2D eigenvalue weighted by Gasteiger charge is -2.21. The molecule has 2 aromatic rings. The van der Waals surface area contributed by atoms with E-state index < -0.39 is 0 Å². The maximum absolute atomic E-state index is 12.9. The second-order valence-electron chi connectivity index (χ2n) is 5.60. The molecule has 0 spiro atoms. The Bertz CT molecular complexity index is 667. The van der Waals surface area contributed by atoms with Crippen molar-refractivity contribution in [3.63, 3.8) is 0 Å². The number of hydrogen-bond acceptors (Lipinski definition) is 3. The number of carbonyl (C=O) groups is 1. The Kier molecular flexibility index (Phi) is 4.88. The Hall–Kier alpha value is -2.40. The number of carbonyl (C=O) groups excluding carboxylic acids is 1. The molecule has 0 radical (unpaired) electrons. The van der Waals surface area contributed by atoms with Gasteiger partial charge in [0.1, 0.15) is 17.3 Å². The van der Waals surface area contributed by atoms with Gasteiger partial charge >= 0.3 is 0 Å². The molecule has 1 aliphatic rings. The van der Waals surface area contributed by atoms with E-state index in [0.717, 1.165) is 25.9 Å². The third-order valence-corrected chi connectivity index (χ3v) is 3.86. The van der Waals surface area contributed by atoms with Crippen molar-refractivity contribution in [3.05, 3.63) is 54.3 Å². The Morgan fingerprint density at radius 2 is 1.83 bits per heavy atom. The molecule has 2 aromatic carbocycles. The monoisotopic (exact) mass is 314 g/mol. The van der Waals surface area contributed by atoms with Gasteiger partial charge in [-0.25, -0.2) is 4.39 Å². The highest BCUT2D eigenvalue weighted by Gasteiger charge is 2.20. The number of hydrogen-bond donors (Lipinski definition) is 2. The smallest absolute Gasteiger partial charge is 0.227 e. The van der Waals surface area contributed by atoms with Crippen molar-refractivity contribution in [2.24, 2.45) is 5.92 Å². The molecular weight excluding hydrogens is 295 g/mol. The summed E-state index contributed by atoms with van der Waals surface area (Å²) < 4.78 is 18.6. The normalized spacial score (nSPS) is 15.2. The van der Waals surface area contributed by atoms with Gasteiger partial charge in [-0.05, 0) is 62.3 Å². The largest absolute Gasteiger partial charge is 0.457 e. The summed E-state index contributed by atoms with van der Waals surface area (Å²) in [5.41, 5.74) is 0.702. The molecule has 2 N–H and O–H groups in total. The van der Waals surface area contributed by atoms with Gasteiger partial charge in [0, 0.05) is 17.7 Å². The molecule has 0 unspecified atom stereocenters. The maximum atomic E-state index is 12.9. The van der Waals surface area contributed by atoms with Crippen molar-refractivity contribution in [1.29, 1.82) is 0 Å². The second-order valence-corrected chi connectivity index (χ2v) is 5.60. The highest BCUT2D eigenvalue weighted by Crippen LogP contribution is 2.25. The summed E-state index contributed by atoms with van der Waals surface area (Å²) >= 11 is 0. The van der Waals surface area contributed by atoms with Crippen LogP contribution in [0, 0.1) is 11.7 Å². The highest BCUT2D eigenvalue weighted by atomic mass is 19.1. The van der Waals surface area contributed by atoms with E-state index in [-0.39, 0.29) is 17.6 Å². The third kappa shape index (κ3) is 4.29. The molecule has 0 atom stereocenters. The number of nitrogens with one attached hydrogen (secondary N) is 2. The summed E-state index contributed by atoms with van der Waals surface area (Å²) in [6.45, 7) is 1.76. The molecular formula is C18H19FN2O2. The van der Waals surface area contributed by atoms with Gasteiger partial charge in [0.15, 0.2) is 0 Å². The van der Waals surface area contributed by atoms with Crippen LogP contribution >= 0.6 is 0 Å². The molecule has 0 aromatic heterocycles. The maximum Gasteiger partial charge on any atom is 0.227 e. The summed E-state index contributed by atoms with van der Waals surface area (Å²) in [7, 11) is 0. The Balaban J connectivity index is 1.64. The molecule has 0 saturated carbocycles. The molecule has 1 fully saturated rings. The molecule has 0 aliphatic carbocycles. The standard InChI is InChI=1S/C18H19FN2O2/c19-14-4-6-16(7-5-14)23-17-3-1-2-15(12-17)21-18(22)13-8-10-20-11-9-13/h1-7,12-13,20H,8-11H2,(H,21,22). The molecule has 1 amide bonds. The van der Waals surface area contributed by atoms with E-state index in [9.17, 15) is 9.18 Å². The predicted molar refractivity (Wildman–Crippen MR) is 87.1 cm³/mol. The van der Waals surface area contributed by atoms with E-state index in [4.69, 9.17) is 4.74 Å².